The van der Waals surface area contributed by atoms with Gasteiger partial charge in [-0.2, -0.15) is 5.10 Å². The van der Waals surface area contributed by atoms with Gasteiger partial charge in [0, 0.05) is 39.6 Å². The smallest absolute Gasteiger partial charge is 0.282 e. The number of aryl methyl sites for hydroxylation is 2. The summed E-state index contributed by atoms with van der Waals surface area (Å²) in [4.78, 5) is 27.4. The molecule has 1 atom stereocenters. The molecule has 12 heteroatoms. The van der Waals surface area contributed by atoms with Crippen LogP contribution in [0.5, 0.6) is 0 Å². The topological polar surface area (TPSA) is 117 Å². The Morgan fingerprint density at radius 3 is 2.58 bits per heavy atom. The number of para-hydroxylation sites is 1. The van der Waals surface area contributed by atoms with Crippen molar-refractivity contribution in [3.05, 3.63) is 88.9 Å². The number of oxazole rings is 1. The van der Waals surface area contributed by atoms with Gasteiger partial charge in [0.2, 0.25) is 0 Å². The maximum atomic E-state index is 13.8. The molecule has 0 spiro atoms. The number of fused-ring (bicyclic) bond motifs is 2. The average molecular weight is 597 g/mol. The highest BCUT2D eigenvalue weighted by molar-refractivity contribution is 6.76. The largest absolute Gasteiger partial charge is 0.441 e. The van der Waals surface area contributed by atoms with Crippen LogP contribution in [0, 0.1) is 13.8 Å². The zero-order valence-electron chi connectivity index (χ0n) is 25.3. The summed E-state index contributed by atoms with van der Waals surface area (Å²) in [7, 11) is -1.23. The zero-order chi connectivity index (χ0) is 30.3. The molecule has 0 amide bonds. The summed E-state index contributed by atoms with van der Waals surface area (Å²) in [5, 5.41) is 9.19. The molecule has 1 N–H and O–H groups in total. The second kappa shape index (κ2) is 11.3. The summed E-state index contributed by atoms with van der Waals surface area (Å²) in [5.41, 5.74) is 3.50. The number of nitrogens with one attached hydrogen (secondary N) is 1. The summed E-state index contributed by atoms with van der Waals surface area (Å²) in [6.07, 6.45) is 7.02. The third-order valence-corrected chi connectivity index (χ3v) is 9.14. The van der Waals surface area contributed by atoms with Gasteiger partial charge in [-0.1, -0.05) is 37.8 Å². The first-order valence-electron chi connectivity index (χ1n) is 14.4. The lowest BCUT2D eigenvalue weighted by atomic mass is 10.2. The van der Waals surface area contributed by atoms with Crippen LogP contribution in [-0.2, 0) is 11.5 Å². The minimum Gasteiger partial charge on any atom is -0.441 e. The molecular formula is C31H36N8O3Si. The van der Waals surface area contributed by atoms with E-state index in [4.69, 9.17) is 14.3 Å². The molecule has 11 nitrogen and oxygen atoms in total. The zero-order valence-corrected chi connectivity index (χ0v) is 26.3. The number of nitrogens with zero attached hydrogens (tertiary/aromatic N) is 7. The van der Waals surface area contributed by atoms with Crippen molar-refractivity contribution in [1.29, 1.82) is 0 Å². The van der Waals surface area contributed by atoms with Gasteiger partial charge >= 0.3 is 0 Å². The van der Waals surface area contributed by atoms with E-state index in [9.17, 15) is 4.79 Å². The molecule has 6 aromatic rings. The highest BCUT2D eigenvalue weighted by Gasteiger charge is 2.24. The van der Waals surface area contributed by atoms with Gasteiger partial charge in [-0.3, -0.25) is 9.36 Å². The minimum absolute atomic E-state index is 0.139. The fraction of sp³-hybridized carbons (Fsp3) is 0.323. The van der Waals surface area contributed by atoms with E-state index in [1.807, 2.05) is 74.1 Å². The van der Waals surface area contributed by atoms with Gasteiger partial charge in [-0.15, -0.1) is 0 Å². The van der Waals surface area contributed by atoms with Gasteiger partial charge < -0.3 is 19.0 Å². The lowest BCUT2D eigenvalue weighted by Crippen LogP contribution is -2.29. The predicted octanol–water partition coefficient (Wildman–Crippen LogP) is 5.99. The van der Waals surface area contributed by atoms with Gasteiger partial charge in [-0.05, 0) is 43.7 Å². The fourth-order valence-electron chi connectivity index (χ4n) is 5.15. The van der Waals surface area contributed by atoms with Crippen molar-refractivity contribution in [2.24, 2.45) is 0 Å². The molecule has 0 saturated carbocycles. The fourth-order valence-corrected chi connectivity index (χ4v) is 5.91. The van der Waals surface area contributed by atoms with Crippen LogP contribution >= 0.6 is 0 Å². The van der Waals surface area contributed by atoms with E-state index in [0.717, 1.165) is 28.2 Å². The number of aromatic nitrogens is 7. The van der Waals surface area contributed by atoms with Crippen LogP contribution in [0.15, 0.2) is 70.5 Å². The maximum absolute atomic E-state index is 13.8. The molecule has 5 aromatic heterocycles. The number of hydrogen-bond donors (Lipinski definition) is 1. The van der Waals surface area contributed by atoms with Gasteiger partial charge in [0.25, 0.3) is 5.56 Å². The predicted molar refractivity (Wildman–Crippen MR) is 169 cm³/mol. The first-order chi connectivity index (χ1) is 20.6. The third-order valence-electron chi connectivity index (χ3n) is 7.44. The molecule has 6 rings (SSSR count). The third kappa shape index (κ3) is 5.63. The van der Waals surface area contributed by atoms with Crippen LogP contribution in [0.2, 0.25) is 25.7 Å². The Morgan fingerprint density at radius 2 is 1.86 bits per heavy atom. The van der Waals surface area contributed by atoms with Crippen LogP contribution < -0.4 is 10.9 Å². The number of anilines is 1. The second-order valence-electron chi connectivity index (χ2n) is 12.0. The standard InChI is InChI=1S/C31H36N8O3Si/c1-20-12-13-38-27(20)31(40)39(23-10-8-7-9-11-23)29(36-38)21(2)35-28-26-24(25-16-32-22(3)42-25)17-37(30(26)34-18-33-28)19-41-14-15-43(4,5)6/h7-13,16-18,21H,14-15,19H2,1-6H3,(H,33,34,35)/t21-/m0/s1. The minimum atomic E-state index is -1.23. The average Bonchev–Trinajstić information content (AvgIpc) is 3.68. The molecule has 0 unspecified atom stereocenters. The highest BCUT2D eigenvalue weighted by Crippen LogP contribution is 2.35. The first kappa shape index (κ1) is 28.6. The Labute approximate surface area is 250 Å². The van der Waals surface area contributed by atoms with Gasteiger partial charge in [0.05, 0.1) is 23.3 Å². The van der Waals surface area contributed by atoms with Crippen LogP contribution in [0.25, 0.3) is 33.6 Å². The number of rotatable bonds is 10. The van der Waals surface area contributed by atoms with E-state index < -0.39 is 14.1 Å². The van der Waals surface area contributed by atoms with Crippen molar-refractivity contribution in [3.8, 4) is 17.0 Å². The SMILES string of the molecule is Cc1ncc(-c2cn(COCC[Si](C)(C)C)c3ncnc(N[C@@H](C)c4nn5ccc(C)c5c(=O)n4-c4ccccc4)c23)o1. The van der Waals surface area contributed by atoms with Crippen molar-refractivity contribution in [3.63, 3.8) is 0 Å². The molecule has 0 aliphatic carbocycles. The number of ether oxygens (including phenoxy) is 1. The molecule has 0 bridgehead atoms. The summed E-state index contributed by atoms with van der Waals surface area (Å²) in [6, 6.07) is 12.1. The van der Waals surface area contributed by atoms with Crippen LogP contribution in [0.1, 0.15) is 30.2 Å². The van der Waals surface area contributed by atoms with Crippen molar-refractivity contribution >= 4 is 30.4 Å². The van der Waals surface area contributed by atoms with Gasteiger partial charge in [-0.25, -0.2) is 19.5 Å². The van der Waals surface area contributed by atoms with E-state index in [0.29, 0.717) is 47.8 Å². The lowest BCUT2D eigenvalue weighted by Gasteiger charge is -2.20. The Bertz CT molecular complexity index is 1970. The summed E-state index contributed by atoms with van der Waals surface area (Å²) in [5.74, 6) is 2.29. The van der Waals surface area contributed by atoms with Crippen molar-refractivity contribution < 1.29 is 9.15 Å². The van der Waals surface area contributed by atoms with Crippen molar-refractivity contribution in [2.45, 2.75) is 59.2 Å². The van der Waals surface area contributed by atoms with E-state index in [2.05, 4.69) is 39.9 Å². The normalized spacial score (nSPS) is 12.8. The summed E-state index contributed by atoms with van der Waals surface area (Å²) in [6.45, 7) is 13.7. The van der Waals surface area contributed by atoms with Crippen molar-refractivity contribution in [1.82, 2.24) is 33.7 Å². The monoisotopic (exact) mass is 596 g/mol. The number of benzene rings is 1. The lowest BCUT2D eigenvalue weighted by molar-refractivity contribution is 0.0899. The first-order valence-corrected chi connectivity index (χ1v) is 18.1. The van der Waals surface area contributed by atoms with E-state index in [-0.39, 0.29) is 5.56 Å². The molecule has 43 heavy (non-hydrogen) atoms. The van der Waals surface area contributed by atoms with Crippen LogP contribution in [0.4, 0.5) is 5.82 Å². The molecule has 0 fully saturated rings. The Hall–Kier alpha value is -4.55. The summed E-state index contributed by atoms with van der Waals surface area (Å²) >= 11 is 0. The van der Waals surface area contributed by atoms with Crippen LogP contribution in [-0.4, -0.2) is 48.4 Å². The van der Waals surface area contributed by atoms with E-state index in [1.54, 1.807) is 15.3 Å². The second-order valence-corrected chi connectivity index (χ2v) is 17.6. The molecular weight excluding hydrogens is 560 g/mol. The molecule has 0 aliphatic heterocycles. The number of hydrogen-bond acceptors (Lipinski definition) is 8. The summed E-state index contributed by atoms with van der Waals surface area (Å²) < 4.78 is 17.3. The highest BCUT2D eigenvalue weighted by atomic mass is 28.3. The Morgan fingerprint density at radius 1 is 1.07 bits per heavy atom. The van der Waals surface area contributed by atoms with Crippen LogP contribution in [0.3, 0.4) is 0 Å². The quantitative estimate of drug-likeness (QED) is 0.151. The Balaban J connectivity index is 1.43. The molecule has 1 aromatic carbocycles. The molecule has 5 heterocycles. The van der Waals surface area contributed by atoms with Gasteiger partial charge in [0.1, 0.15) is 30.0 Å². The van der Waals surface area contributed by atoms with E-state index >= 15 is 0 Å². The Kier molecular flexibility index (Phi) is 7.48. The van der Waals surface area contributed by atoms with Crippen molar-refractivity contribution in [2.75, 3.05) is 11.9 Å². The van der Waals surface area contributed by atoms with E-state index in [1.165, 1.54) is 6.33 Å². The molecule has 0 saturated heterocycles. The van der Waals surface area contributed by atoms with Gasteiger partial charge in [0.15, 0.2) is 17.5 Å². The molecule has 0 aliphatic rings. The maximum Gasteiger partial charge on any atom is 0.282 e. The molecule has 0 radical (unpaired) electrons. The molecule has 222 valence electrons.